The largest absolute Gasteiger partial charge is 0.493 e. The van der Waals surface area contributed by atoms with Crippen molar-refractivity contribution in [1.82, 2.24) is 0 Å². The number of methoxy groups -OCH3 is 6. The molecule has 198 valence electrons. The van der Waals surface area contributed by atoms with Gasteiger partial charge in [0.15, 0.2) is 23.0 Å². The average molecular weight is 525 g/mol. The summed E-state index contributed by atoms with van der Waals surface area (Å²) in [7, 11) is 5.21. The lowest BCUT2D eigenvalue weighted by Crippen LogP contribution is -2.36. The fourth-order valence-electron chi connectivity index (χ4n) is 5.13. The van der Waals surface area contributed by atoms with Gasteiger partial charge in [0.25, 0.3) is 10.1 Å². The van der Waals surface area contributed by atoms with E-state index in [9.17, 15) is 8.42 Å². The first-order valence-corrected chi connectivity index (χ1v) is 13.1. The standard InChI is InChI=1S/C25H32O10S/c1-13-9-14-10-16(28-2)20(30-4)22(32-6)18(14)19-15(11-17(29-3)21(31-5)23(19)33-7)24(25(13)12-34-25)35-36(8,26)27/h10-11,13,24H,9,12H2,1-8H3/t13-,24-,25-/m0/s1. The van der Waals surface area contributed by atoms with E-state index in [-0.39, 0.29) is 5.92 Å². The second kappa shape index (κ2) is 9.53. The third-order valence-corrected chi connectivity index (χ3v) is 7.40. The van der Waals surface area contributed by atoms with E-state index in [1.807, 2.05) is 13.0 Å². The lowest BCUT2D eigenvalue weighted by atomic mass is 9.75. The number of hydrogen-bond acceptors (Lipinski definition) is 10. The predicted molar refractivity (Wildman–Crippen MR) is 131 cm³/mol. The summed E-state index contributed by atoms with van der Waals surface area (Å²) in [6.07, 6.45) is 0.538. The molecule has 1 aliphatic carbocycles. The van der Waals surface area contributed by atoms with Gasteiger partial charge in [0.1, 0.15) is 11.7 Å². The molecule has 1 spiro atoms. The van der Waals surface area contributed by atoms with E-state index < -0.39 is 21.8 Å². The van der Waals surface area contributed by atoms with Gasteiger partial charge in [0.2, 0.25) is 11.5 Å². The molecule has 0 unspecified atom stereocenters. The molecule has 10 nitrogen and oxygen atoms in total. The third kappa shape index (κ3) is 4.08. The van der Waals surface area contributed by atoms with Gasteiger partial charge in [-0.15, -0.1) is 0 Å². The van der Waals surface area contributed by atoms with Crippen LogP contribution in [0.1, 0.15) is 24.2 Å². The first-order valence-electron chi connectivity index (χ1n) is 11.3. The fourth-order valence-corrected chi connectivity index (χ4v) is 5.75. The maximum absolute atomic E-state index is 12.5. The Kier molecular flexibility index (Phi) is 6.93. The summed E-state index contributed by atoms with van der Waals surface area (Å²) < 4.78 is 71.0. The number of epoxide rings is 1. The molecule has 4 rings (SSSR count). The van der Waals surface area contributed by atoms with Crippen molar-refractivity contribution in [2.45, 2.75) is 25.0 Å². The van der Waals surface area contributed by atoms with Crippen LogP contribution in [0.3, 0.4) is 0 Å². The highest BCUT2D eigenvalue weighted by molar-refractivity contribution is 7.86. The van der Waals surface area contributed by atoms with E-state index in [0.717, 1.165) is 11.8 Å². The maximum atomic E-state index is 12.5. The number of hydrogen-bond donors (Lipinski definition) is 0. The van der Waals surface area contributed by atoms with Crippen LogP contribution in [0.2, 0.25) is 0 Å². The molecule has 1 heterocycles. The molecular formula is C25H32O10S. The van der Waals surface area contributed by atoms with Gasteiger partial charge >= 0.3 is 0 Å². The van der Waals surface area contributed by atoms with E-state index in [4.69, 9.17) is 37.3 Å². The van der Waals surface area contributed by atoms with Crippen LogP contribution in [-0.2, 0) is 25.5 Å². The van der Waals surface area contributed by atoms with Crippen LogP contribution in [0, 0.1) is 5.92 Å². The Hall–Kier alpha value is -2.89. The molecule has 0 bridgehead atoms. The number of rotatable bonds is 8. The molecule has 0 aromatic heterocycles. The highest BCUT2D eigenvalue weighted by atomic mass is 32.2. The molecule has 3 atom stereocenters. The van der Waals surface area contributed by atoms with E-state index in [1.165, 1.54) is 35.5 Å². The minimum absolute atomic E-state index is 0.141. The smallest absolute Gasteiger partial charge is 0.265 e. The van der Waals surface area contributed by atoms with Crippen LogP contribution >= 0.6 is 0 Å². The van der Waals surface area contributed by atoms with Crippen molar-refractivity contribution < 1.29 is 45.8 Å². The second-order valence-electron chi connectivity index (χ2n) is 8.82. The first kappa shape index (κ1) is 26.2. The normalized spacial score (nSPS) is 22.6. The van der Waals surface area contributed by atoms with Crippen molar-refractivity contribution in [1.29, 1.82) is 0 Å². The molecule has 0 radical (unpaired) electrons. The van der Waals surface area contributed by atoms with E-state index >= 15 is 0 Å². The quantitative estimate of drug-likeness (QED) is 0.376. The zero-order chi connectivity index (χ0) is 26.4. The SMILES string of the molecule is COc1cc2c(c(OC)c1OC)-c1c(cc(OC)c(OC)c1OC)[C@H](OS(C)(=O)=O)[C@]1(CO1)[C@@H](C)C2. The minimum atomic E-state index is -3.89. The van der Waals surface area contributed by atoms with E-state index in [0.29, 0.717) is 64.2 Å². The molecule has 1 aliphatic heterocycles. The molecule has 1 saturated heterocycles. The van der Waals surface area contributed by atoms with Crippen LogP contribution in [0.4, 0.5) is 0 Å². The molecule has 2 aromatic rings. The molecule has 2 aliphatic rings. The lowest BCUT2D eigenvalue weighted by Gasteiger charge is -2.35. The Labute approximate surface area is 211 Å². The summed E-state index contributed by atoms with van der Waals surface area (Å²) >= 11 is 0. The van der Waals surface area contributed by atoms with Crippen LogP contribution in [0.15, 0.2) is 12.1 Å². The summed E-state index contributed by atoms with van der Waals surface area (Å²) in [6.45, 7) is 2.33. The summed E-state index contributed by atoms with van der Waals surface area (Å²) in [5.74, 6) is 2.14. The minimum Gasteiger partial charge on any atom is -0.493 e. The van der Waals surface area contributed by atoms with Crippen LogP contribution < -0.4 is 28.4 Å². The molecule has 36 heavy (non-hydrogen) atoms. The van der Waals surface area contributed by atoms with Crippen molar-refractivity contribution >= 4 is 10.1 Å². The third-order valence-electron chi connectivity index (χ3n) is 6.86. The molecule has 1 fully saturated rings. The monoisotopic (exact) mass is 524 g/mol. The van der Waals surface area contributed by atoms with Crippen molar-refractivity contribution in [2.24, 2.45) is 5.92 Å². The van der Waals surface area contributed by atoms with Gasteiger partial charge in [-0.2, -0.15) is 8.42 Å². The lowest BCUT2D eigenvalue weighted by molar-refractivity contribution is 0.0655. The molecule has 0 saturated carbocycles. The van der Waals surface area contributed by atoms with Gasteiger partial charge in [-0.25, -0.2) is 0 Å². The Morgan fingerprint density at radius 2 is 1.31 bits per heavy atom. The van der Waals surface area contributed by atoms with Gasteiger partial charge in [0.05, 0.1) is 55.5 Å². The van der Waals surface area contributed by atoms with E-state index in [1.54, 1.807) is 13.2 Å². The zero-order valence-electron chi connectivity index (χ0n) is 21.7. The summed E-state index contributed by atoms with van der Waals surface area (Å²) in [6, 6.07) is 3.59. The van der Waals surface area contributed by atoms with Crippen LogP contribution in [-0.4, -0.2) is 69.5 Å². The number of ether oxygens (including phenoxy) is 7. The van der Waals surface area contributed by atoms with Gasteiger partial charge in [0, 0.05) is 16.7 Å². The highest BCUT2D eigenvalue weighted by Crippen LogP contribution is 2.61. The predicted octanol–water partition coefficient (Wildman–Crippen LogP) is 3.38. The molecular weight excluding hydrogens is 492 g/mol. The van der Waals surface area contributed by atoms with Crippen molar-refractivity contribution in [3.63, 3.8) is 0 Å². The second-order valence-corrected chi connectivity index (χ2v) is 10.4. The van der Waals surface area contributed by atoms with Crippen molar-refractivity contribution in [3.8, 4) is 45.6 Å². The first-order chi connectivity index (χ1) is 17.1. The summed E-state index contributed by atoms with van der Waals surface area (Å²) in [5.41, 5.74) is 1.65. The van der Waals surface area contributed by atoms with Crippen LogP contribution in [0.5, 0.6) is 34.5 Å². The Balaban J connectivity index is 2.23. The van der Waals surface area contributed by atoms with Gasteiger partial charge in [-0.05, 0) is 30.0 Å². The molecule has 2 aromatic carbocycles. The Morgan fingerprint density at radius 3 is 1.75 bits per heavy atom. The van der Waals surface area contributed by atoms with Gasteiger partial charge in [-0.1, -0.05) is 6.92 Å². The van der Waals surface area contributed by atoms with Crippen LogP contribution in [0.25, 0.3) is 11.1 Å². The Bertz CT molecular complexity index is 1270. The van der Waals surface area contributed by atoms with Gasteiger partial charge in [-0.3, -0.25) is 4.18 Å². The van der Waals surface area contributed by atoms with Crippen molar-refractivity contribution in [3.05, 3.63) is 23.3 Å². The average Bonchev–Trinajstić information content (AvgIpc) is 3.66. The number of fused-ring (bicyclic) bond motifs is 3. The van der Waals surface area contributed by atoms with Gasteiger partial charge < -0.3 is 33.2 Å². The summed E-state index contributed by atoms with van der Waals surface area (Å²) in [4.78, 5) is 0. The maximum Gasteiger partial charge on any atom is 0.265 e. The Morgan fingerprint density at radius 1 is 0.806 bits per heavy atom. The molecule has 0 amide bonds. The van der Waals surface area contributed by atoms with Crippen molar-refractivity contribution in [2.75, 3.05) is 55.5 Å². The highest BCUT2D eigenvalue weighted by Gasteiger charge is 2.60. The fraction of sp³-hybridized carbons (Fsp3) is 0.520. The molecule has 0 N–H and O–H groups in total. The summed E-state index contributed by atoms with van der Waals surface area (Å²) in [5, 5.41) is 0. The topological polar surface area (TPSA) is 111 Å². The number of benzene rings is 2. The molecule has 11 heteroatoms. The zero-order valence-corrected chi connectivity index (χ0v) is 22.5. The van der Waals surface area contributed by atoms with E-state index in [2.05, 4.69) is 0 Å².